The fourth-order valence-electron chi connectivity index (χ4n) is 7.49. The molecule has 15 nitrogen and oxygen atoms in total. The highest BCUT2D eigenvalue weighted by atomic mass is 16.7. The summed E-state index contributed by atoms with van der Waals surface area (Å²) in [7, 11) is 0. The number of aliphatic hydroxyl groups is 7. The Kier molecular flexibility index (Phi) is 35.6. The largest absolute Gasteiger partial charge is 0.462 e. The molecule has 0 aliphatic carbocycles. The molecule has 0 aromatic carbocycles. The maximum atomic E-state index is 12.9. The number of ether oxygens (including phenoxy) is 6. The van der Waals surface area contributed by atoms with E-state index in [1.54, 1.807) is 0 Å². The highest BCUT2D eigenvalue weighted by Crippen LogP contribution is 2.26. The molecule has 0 saturated carbocycles. The highest BCUT2D eigenvalue weighted by molar-refractivity contribution is 5.70. The Morgan fingerprint density at radius 3 is 1.51 bits per heavy atom. The SMILES string of the molecule is CC/C=C\C/C=C\C/C=C\C/C=C\CCC(=O)OC(COC(=O)CCCCCCCCCCC/C=C\C/C=C\CCCCC)COC1OC(COC2OC(CO)C(O)C(O)C2O)C(O)C(O)C1O. The van der Waals surface area contributed by atoms with Crippen molar-refractivity contribution in [1.82, 2.24) is 0 Å². The molecule has 0 aromatic rings. The minimum absolute atomic E-state index is 0.0399. The first-order valence-corrected chi connectivity index (χ1v) is 25.5. The zero-order valence-corrected chi connectivity index (χ0v) is 41.1. The van der Waals surface area contributed by atoms with Gasteiger partial charge in [-0.2, -0.15) is 0 Å². The highest BCUT2D eigenvalue weighted by Gasteiger charge is 2.47. The number of allylic oxidation sites excluding steroid dienone is 12. The molecule has 15 heteroatoms. The van der Waals surface area contributed by atoms with Crippen molar-refractivity contribution in [2.75, 3.05) is 26.4 Å². The number of esters is 2. The van der Waals surface area contributed by atoms with Gasteiger partial charge < -0.3 is 64.2 Å². The summed E-state index contributed by atoms with van der Waals surface area (Å²) in [5.41, 5.74) is 0. The van der Waals surface area contributed by atoms with Gasteiger partial charge in [-0.1, -0.05) is 145 Å². The third-order valence-corrected chi connectivity index (χ3v) is 11.7. The lowest BCUT2D eigenvalue weighted by Gasteiger charge is -2.42. The van der Waals surface area contributed by atoms with Gasteiger partial charge in [0.15, 0.2) is 18.7 Å². The zero-order valence-electron chi connectivity index (χ0n) is 41.1. The second-order valence-corrected chi connectivity index (χ2v) is 17.6. The van der Waals surface area contributed by atoms with E-state index in [9.17, 15) is 45.3 Å². The van der Waals surface area contributed by atoms with Gasteiger partial charge in [-0.3, -0.25) is 9.59 Å². The van der Waals surface area contributed by atoms with Crippen LogP contribution < -0.4 is 0 Å². The monoisotopic (exact) mass is 965 g/mol. The van der Waals surface area contributed by atoms with E-state index in [0.29, 0.717) is 19.3 Å². The van der Waals surface area contributed by atoms with Crippen molar-refractivity contribution in [2.45, 2.75) is 223 Å². The molecule has 0 aromatic heterocycles. The molecule has 0 amide bonds. The average Bonchev–Trinajstić information content (AvgIpc) is 3.33. The van der Waals surface area contributed by atoms with Crippen LogP contribution in [-0.2, 0) is 38.0 Å². The van der Waals surface area contributed by atoms with E-state index < -0.39 is 99.3 Å². The first-order chi connectivity index (χ1) is 33.0. The number of carbonyl (C=O) groups excluding carboxylic acids is 2. The lowest BCUT2D eigenvalue weighted by atomic mass is 9.98. The van der Waals surface area contributed by atoms with E-state index >= 15 is 0 Å². The topological polar surface area (TPSA) is 231 Å². The van der Waals surface area contributed by atoms with Gasteiger partial charge in [-0.05, 0) is 70.6 Å². The fourth-order valence-corrected chi connectivity index (χ4v) is 7.49. The van der Waals surface area contributed by atoms with E-state index in [1.807, 2.05) is 18.2 Å². The Morgan fingerprint density at radius 2 is 0.956 bits per heavy atom. The Labute approximate surface area is 406 Å². The van der Waals surface area contributed by atoms with Crippen molar-refractivity contribution < 1.29 is 73.8 Å². The summed E-state index contributed by atoms with van der Waals surface area (Å²) in [4.78, 5) is 25.7. The van der Waals surface area contributed by atoms with Gasteiger partial charge in [0.1, 0.15) is 55.4 Å². The predicted molar refractivity (Wildman–Crippen MR) is 261 cm³/mol. The third kappa shape index (κ3) is 27.4. The second-order valence-electron chi connectivity index (χ2n) is 17.6. The van der Waals surface area contributed by atoms with E-state index in [4.69, 9.17) is 28.4 Å². The molecule has 2 heterocycles. The van der Waals surface area contributed by atoms with Crippen LogP contribution >= 0.6 is 0 Å². The van der Waals surface area contributed by atoms with E-state index in [2.05, 4.69) is 68.5 Å². The van der Waals surface area contributed by atoms with Gasteiger partial charge in [0.2, 0.25) is 0 Å². The second kappa shape index (κ2) is 39.6. The molecule has 11 unspecified atom stereocenters. The molecule has 0 bridgehead atoms. The molecule has 11 atom stereocenters. The Hall–Kier alpha value is -3.06. The molecule has 2 aliphatic rings. The lowest BCUT2D eigenvalue weighted by Crippen LogP contribution is -2.61. The van der Waals surface area contributed by atoms with Crippen LogP contribution in [0.2, 0.25) is 0 Å². The van der Waals surface area contributed by atoms with Crippen LogP contribution in [0.4, 0.5) is 0 Å². The molecule has 68 heavy (non-hydrogen) atoms. The lowest BCUT2D eigenvalue weighted by molar-refractivity contribution is -0.332. The van der Waals surface area contributed by atoms with Crippen LogP contribution in [0, 0.1) is 0 Å². The Morgan fingerprint density at radius 1 is 0.485 bits per heavy atom. The first-order valence-electron chi connectivity index (χ1n) is 25.5. The summed E-state index contributed by atoms with van der Waals surface area (Å²) in [5, 5.41) is 72.0. The molecular weight excluding hydrogens is 877 g/mol. The summed E-state index contributed by atoms with van der Waals surface area (Å²) in [6.07, 6.45) is 29.5. The normalized spacial score (nSPS) is 26.4. The predicted octanol–water partition coefficient (Wildman–Crippen LogP) is 7.04. The molecule has 390 valence electrons. The fraction of sp³-hybridized carbons (Fsp3) is 0.736. The Bertz CT molecular complexity index is 1460. The molecule has 2 saturated heterocycles. The number of carbonyl (C=O) groups is 2. The van der Waals surface area contributed by atoms with Crippen molar-refractivity contribution in [3.8, 4) is 0 Å². The van der Waals surface area contributed by atoms with Gasteiger partial charge in [-0.15, -0.1) is 0 Å². The van der Waals surface area contributed by atoms with Crippen LogP contribution in [-0.4, -0.2) is 142 Å². The average molecular weight is 965 g/mol. The van der Waals surface area contributed by atoms with Crippen LogP contribution in [0.15, 0.2) is 72.9 Å². The van der Waals surface area contributed by atoms with Crippen molar-refractivity contribution >= 4 is 11.9 Å². The molecule has 2 fully saturated rings. The van der Waals surface area contributed by atoms with Gasteiger partial charge in [-0.25, -0.2) is 0 Å². The standard InChI is InChI=1S/C53H88O15/c1-3-5-7-9-11-13-15-17-18-19-20-21-22-24-25-27-29-31-33-35-44(55)63-38-41(66-45(56)36-34-32-30-28-26-23-16-14-12-10-8-6-4-2)39-64-52-51(62)49(60)47(58)43(68-52)40-65-53-50(61)48(59)46(57)42(37-54)67-53/h6,8,11-14,17-18,23,26,30,32,41-43,46-54,57-62H,3-5,7,9-10,15-16,19-22,24-25,27-29,31,33-40H2,1-2H3/b8-6-,13-11-,14-12-,18-17-,26-23-,32-30-. The van der Waals surface area contributed by atoms with E-state index in [0.717, 1.165) is 51.4 Å². The van der Waals surface area contributed by atoms with Crippen LogP contribution in [0.3, 0.4) is 0 Å². The van der Waals surface area contributed by atoms with Crippen molar-refractivity contribution in [3.05, 3.63) is 72.9 Å². The molecule has 2 aliphatic heterocycles. The molecular formula is C53H88O15. The molecule has 7 N–H and O–H groups in total. The molecule has 0 radical (unpaired) electrons. The van der Waals surface area contributed by atoms with Crippen LogP contribution in [0.1, 0.15) is 155 Å². The van der Waals surface area contributed by atoms with Crippen molar-refractivity contribution in [1.29, 1.82) is 0 Å². The number of aliphatic hydroxyl groups excluding tert-OH is 7. The number of unbranched alkanes of at least 4 members (excludes halogenated alkanes) is 12. The van der Waals surface area contributed by atoms with Crippen LogP contribution in [0.25, 0.3) is 0 Å². The summed E-state index contributed by atoms with van der Waals surface area (Å²) in [6, 6.07) is 0. The maximum Gasteiger partial charge on any atom is 0.306 e. The summed E-state index contributed by atoms with van der Waals surface area (Å²) in [5.74, 6) is -1.03. The van der Waals surface area contributed by atoms with Crippen molar-refractivity contribution in [3.63, 3.8) is 0 Å². The molecule has 0 spiro atoms. The van der Waals surface area contributed by atoms with E-state index in [-0.39, 0.29) is 19.4 Å². The summed E-state index contributed by atoms with van der Waals surface area (Å²) >= 11 is 0. The van der Waals surface area contributed by atoms with Crippen molar-refractivity contribution in [2.24, 2.45) is 0 Å². The summed E-state index contributed by atoms with van der Waals surface area (Å²) < 4.78 is 33.4. The van der Waals surface area contributed by atoms with Gasteiger partial charge in [0.25, 0.3) is 0 Å². The molecule has 2 rings (SSSR count). The number of hydrogen-bond donors (Lipinski definition) is 7. The van der Waals surface area contributed by atoms with Gasteiger partial charge in [0.05, 0.1) is 19.8 Å². The third-order valence-electron chi connectivity index (χ3n) is 11.7. The van der Waals surface area contributed by atoms with E-state index in [1.165, 1.54) is 57.8 Å². The minimum Gasteiger partial charge on any atom is -0.462 e. The Balaban J connectivity index is 1.82. The quantitative estimate of drug-likeness (QED) is 0.0187. The first kappa shape index (κ1) is 61.1. The smallest absolute Gasteiger partial charge is 0.306 e. The minimum atomic E-state index is -1.78. The number of hydrogen-bond acceptors (Lipinski definition) is 15. The zero-order chi connectivity index (χ0) is 49.6. The summed E-state index contributed by atoms with van der Waals surface area (Å²) in [6.45, 7) is 2.35. The van der Waals surface area contributed by atoms with Gasteiger partial charge >= 0.3 is 11.9 Å². The maximum absolute atomic E-state index is 12.9. The number of rotatable bonds is 38. The van der Waals surface area contributed by atoms with Crippen LogP contribution in [0.5, 0.6) is 0 Å². The van der Waals surface area contributed by atoms with Gasteiger partial charge in [0, 0.05) is 12.8 Å².